The number of nitrogens with two attached hydrogens (primary N) is 1. The van der Waals surface area contributed by atoms with E-state index >= 15 is 0 Å². The molecule has 21 heavy (non-hydrogen) atoms. The fourth-order valence-corrected chi connectivity index (χ4v) is 2.79. The summed E-state index contributed by atoms with van der Waals surface area (Å²) in [6.07, 6.45) is -0.921. The average molecular weight is 286 g/mol. The quantitative estimate of drug-likeness (QED) is 0.592. The molecule has 7 nitrogen and oxygen atoms in total. The molecule has 1 aromatic carbocycles. The molecule has 108 valence electrons. The number of rotatable bonds is 1. The van der Waals surface area contributed by atoms with Crippen LogP contribution in [0.15, 0.2) is 30.5 Å². The van der Waals surface area contributed by atoms with E-state index < -0.39 is 18.3 Å². The number of ether oxygens (including phenoxy) is 1. The lowest BCUT2D eigenvalue weighted by atomic mass is 10.1. The number of aliphatic hydroxyl groups is 2. The molecule has 4 N–H and O–H groups in total. The van der Waals surface area contributed by atoms with Crippen LogP contribution in [0.5, 0.6) is 0 Å². The van der Waals surface area contributed by atoms with Crippen molar-refractivity contribution in [1.29, 1.82) is 0 Å². The number of aromatic nitrogens is 3. The lowest BCUT2D eigenvalue weighted by Gasteiger charge is -2.15. The topological polar surface area (TPSA) is 106 Å². The Balaban J connectivity index is 2.02. The minimum atomic E-state index is -0.988. The van der Waals surface area contributed by atoms with E-state index in [1.165, 1.54) is 0 Å². The maximum Gasteiger partial charge on any atom is 0.180 e. The molecule has 3 atom stereocenters. The van der Waals surface area contributed by atoms with Crippen LogP contribution >= 0.6 is 0 Å². The van der Waals surface area contributed by atoms with Gasteiger partial charge in [0.05, 0.1) is 29.5 Å². The standard InChI is InChI=1S/C14H14N4O3/c15-13-14-16-5-9(12-11(20)10(19)6-21-12)18(14)8-4-2-1-3-7(8)17-13/h1-5,10-12,19-20H,6H2,(H2,15,17)/t10-,11-,12?/m1/s1. The second-order valence-corrected chi connectivity index (χ2v) is 5.14. The highest BCUT2D eigenvalue weighted by atomic mass is 16.5. The maximum absolute atomic E-state index is 10.1. The van der Waals surface area contributed by atoms with Crippen LogP contribution in [0.4, 0.5) is 5.82 Å². The van der Waals surface area contributed by atoms with Crippen LogP contribution in [-0.2, 0) is 4.74 Å². The van der Waals surface area contributed by atoms with Crippen molar-refractivity contribution < 1.29 is 14.9 Å². The molecule has 0 amide bonds. The molecule has 0 radical (unpaired) electrons. The monoisotopic (exact) mass is 286 g/mol. The van der Waals surface area contributed by atoms with Gasteiger partial charge in [-0.15, -0.1) is 0 Å². The van der Waals surface area contributed by atoms with Crippen LogP contribution in [0.3, 0.4) is 0 Å². The smallest absolute Gasteiger partial charge is 0.180 e. The van der Waals surface area contributed by atoms with Crippen molar-refractivity contribution in [2.75, 3.05) is 12.3 Å². The van der Waals surface area contributed by atoms with Crippen molar-refractivity contribution in [2.45, 2.75) is 18.3 Å². The Morgan fingerprint density at radius 2 is 2.10 bits per heavy atom. The molecular formula is C14H14N4O3. The molecule has 7 heteroatoms. The summed E-state index contributed by atoms with van der Waals surface area (Å²) in [5, 5.41) is 19.7. The van der Waals surface area contributed by atoms with Crippen LogP contribution in [-0.4, -0.2) is 43.4 Å². The van der Waals surface area contributed by atoms with Crippen LogP contribution in [0.1, 0.15) is 11.8 Å². The number of anilines is 1. The number of imidazole rings is 1. The lowest BCUT2D eigenvalue weighted by Crippen LogP contribution is -2.25. The van der Waals surface area contributed by atoms with Gasteiger partial charge in [0.15, 0.2) is 11.5 Å². The second-order valence-electron chi connectivity index (χ2n) is 5.14. The number of aliphatic hydroxyl groups excluding tert-OH is 2. The Morgan fingerprint density at radius 3 is 2.86 bits per heavy atom. The van der Waals surface area contributed by atoms with Gasteiger partial charge >= 0.3 is 0 Å². The SMILES string of the molecule is Nc1nc2ccccc2n2c(C3OC[C@@H](O)[C@H]3O)cnc12. The van der Waals surface area contributed by atoms with Gasteiger partial charge in [0.1, 0.15) is 18.3 Å². The van der Waals surface area contributed by atoms with Gasteiger partial charge in [0.25, 0.3) is 0 Å². The van der Waals surface area contributed by atoms with Gasteiger partial charge in [0, 0.05) is 0 Å². The molecule has 4 rings (SSSR count). The Hall–Kier alpha value is -2.22. The number of fused-ring (bicyclic) bond motifs is 3. The fraction of sp³-hybridized carbons (Fsp3) is 0.286. The van der Waals surface area contributed by atoms with Gasteiger partial charge in [0.2, 0.25) is 0 Å². The summed E-state index contributed by atoms with van der Waals surface area (Å²) in [6.45, 7) is 0.0948. The first-order valence-corrected chi connectivity index (χ1v) is 6.66. The van der Waals surface area contributed by atoms with Gasteiger partial charge < -0.3 is 20.7 Å². The highest BCUT2D eigenvalue weighted by Gasteiger charge is 2.37. The molecule has 1 aliphatic rings. The van der Waals surface area contributed by atoms with Crippen LogP contribution in [0, 0.1) is 0 Å². The fourth-order valence-electron chi connectivity index (χ4n) is 2.79. The van der Waals surface area contributed by atoms with Gasteiger partial charge in [-0.2, -0.15) is 0 Å². The molecule has 3 aromatic rings. The number of benzene rings is 1. The molecule has 1 saturated heterocycles. The highest BCUT2D eigenvalue weighted by molar-refractivity contribution is 5.82. The maximum atomic E-state index is 10.1. The minimum Gasteiger partial charge on any atom is -0.388 e. The van der Waals surface area contributed by atoms with E-state index in [4.69, 9.17) is 10.5 Å². The molecule has 0 bridgehead atoms. The predicted octanol–water partition coefficient (Wildman–Crippen LogP) is 0.258. The first-order chi connectivity index (χ1) is 10.2. The zero-order chi connectivity index (χ0) is 14.6. The van der Waals surface area contributed by atoms with E-state index in [2.05, 4.69) is 9.97 Å². The number of nitrogen functional groups attached to an aromatic ring is 1. The Morgan fingerprint density at radius 1 is 1.29 bits per heavy atom. The Labute approximate surface area is 119 Å². The summed E-state index contributed by atoms with van der Waals surface area (Å²) >= 11 is 0. The molecule has 3 heterocycles. The van der Waals surface area contributed by atoms with Crippen molar-refractivity contribution in [3.63, 3.8) is 0 Å². The van der Waals surface area contributed by atoms with E-state index in [1.807, 2.05) is 28.7 Å². The van der Waals surface area contributed by atoms with Crippen molar-refractivity contribution in [2.24, 2.45) is 0 Å². The van der Waals surface area contributed by atoms with Gasteiger partial charge in [-0.1, -0.05) is 12.1 Å². The molecule has 0 aliphatic carbocycles. The molecular weight excluding hydrogens is 272 g/mol. The largest absolute Gasteiger partial charge is 0.388 e. The first-order valence-electron chi connectivity index (χ1n) is 6.66. The van der Waals surface area contributed by atoms with E-state index in [9.17, 15) is 10.2 Å². The minimum absolute atomic E-state index is 0.0948. The Kier molecular flexibility index (Phi) is 2.61. The second kappa shape index (κ2) is 4.39. The summed E-state index contributed by atoms with van der Waals surface area (Å²) in [6, 6.07) is 7.53. The summed E-state index contributed by atoms with van der Waals surface area (Å²) in [7, 11) is 0. The van der Waals surface area contributed by atoms with E-state index in [1.54, 1.807) is 6.20 Å². The zero-order valence-corrected chi connectivity index (χ0v) is 11.0. The molecule has 1 aliphatic heterocycles. The molecule has 1 unspecified atom stereocenters. The number of para-hydroxylation sites is 2. The number of hydrogen-bond donors (Lipinski definition) is 3. The molecule has 2 aromatic heterocycles. The predicted molar refractivity (Wildman–Crippen MR) is 75.6 cm³/mol. The van der Waals surface area contributed by atoms with E-state index in [-0.39, 0.29) is 6.61 Å². The van der Waals surface area contributed by atoms with Crippen LogP contribution in [0.2, 0.25) is 0 Å². The third-order valence-corrected chi connectivity index (χ3v) is 3.82. The summed E-state index contributed by atoms with van der Waals surface area (Å²) in [5.74, 6) is 0.313. The normalized spacial score (nSPS) is 25.9. The molecule has 0 spiro atoms. The van der Waals surface area contributed by atoms with Crippen molar-refractivity contribution in [3.8, 4) is 0 Å². The third kappa shape index (κ3) is 1.72. The Bertz CT molecular complexity index is 832. The highest BCUT2D eigenvalue weighted by Crippen LogP contribution is 2.32. The van der Waals surface area contributed by atoms with E-state index in [0.717, 1.165) is 11.0 Å². The number of hydrogen-bond acceptors (Lipinski definition) is 6. The van der Waals surface area contributed by atoms with Crippen LogP contribution < -0.4 is 5.73 Å². The van der Waals surface area contributed by atoms with Crippen molar-refractivity contribution in [3.05, 3.63) is 36.2 Å². The molecule has 1 fully saturated rings. The summed E-state index contributed by atoms with van der Waals surface area (Å²) in [5.41, 5.74) is 8.67. The van der Waals surface area contributed by atoms with E-state index in [0.29, 0.717) is 17.2 Å². The first kappa shape index (κ1) is 12.5. The zero-order valence-electron chi connectivity index (χ0n) is 11.0. The van der Waals surface area contributed by atoms with Gasteiger partial charge in [-0.05, 0) is 12.1 Å². The molecule has 0 saturated carbocycles. The van der Waals surface area contributed by atoms with Gasteiger partial charge in [-0.3, -0.25) is 4.40 Å². The third-order valence-electron chi connectivity index (χ3n) is 3.82. The van der Waals surface area contributed by atoms with Crippen LogP contribution in [0.25, 0.3) is 16.7 Å². The van der Waals surface area contributed by atoms with Crippen molar-refractivity contribution in [1.82, 2.24) is 14.4 Å². The number of nitrogens with zero attached hydrogens (tertiary/aromatic N) is 3. The summed E-state index contributed by atoms with van der Waals surface area (Å²) in [4.78, 5) is 8.59. The van der Waals surface area contributed by atoms with Gasteiger partial charge in [-0.25, -0.2) is 9.97 Å². The van der Waals surface area contributed by atoms with Crippen molar-refractivity contribution >= 4 is 22.5 Å². The average Bonchev–Trinajstić information content (AvgIpc) is 3.05. The lowest BCUT2D eigenvalue weighted by molar-refractivity contribution is 0.0203. The summed E-state index contributed by atoms with van der Waals surface area (Å²) < 4.78 is 7.32.